The lowest BCUT2D eigenvalue weighted by atomic mass is 10.3. The molecule has 3 nitrogen and oxygen atoms in total. The van der Waals surface area contributed by atoms with Gasteiger partial charge in [0.25, 0.3) is 0 Å². The molecule has 0 bridgehead atoms. The molecule has 5 heteroatoms. The molecule has 0 aromatic carbocycles. The molecule has 0 aliphatic carbocycles. The van der Waals surface area contributed by atoms with Crippen molar-refractivity contribution in [3.8, 4) is 0 Å². The molecule has 0 saturated heterocycles. The molecule has 0 fully saturated rings. The summed E-state index contributed by atoms with van der Waals surface area (Å²) in [4.78, 5) is 7.04. The van der Waals surface area contributed by atoms with E-state index in [1.165, 1.54) is 26.7 Å². The zero-order valence-corrected chi connectivity index (χ0v) is 11.8. The zero-order valence-electron chi connectivity index (χ0n) is 10.1. The molecule has 0 aliphatic rings. The number of nitrogen functional groups attached to an aromatic ring is 1. The van der Waals surface area contributed by atoms with E-state index in [1.807, 2.05) is 16.7 Å². The Morgan fingerprint density at radius 2 is 2.24 bits per heavy atom. The van der Waals surface area contributed by atoms with Crippen LogP contribution in [0.25, 0.3) is 0 Å². The van der Waals surface area contributed by atoms with Gasteiger partial charge in [0.05, 0.1) is 5.69 Å². The third kappa shape index (κ3) is 3.52. The van der Waals surface area contributed by atoms with Crippen LogP contribution in [-0.4, -0.2) is 11.5 Å². The van der Waals surface area contributed by atoms with Crippen molar-refractivity contribution in [3.63, 3.8) is 0 Å². The second-order valence-electron chi connectivity index (χ2n) is 4.06. The number of nitrogens with zero attached hydrogens (tertiary/aromatic N) is 1. The number of rotatable bonds is 5. The maximum absolute atomic E-state index is 5.58. The molecule has 2 rings (SSSR count). The number of aromatic nitrogens is 1. The first-order chi connectivity index (χ1) is 8.15. The highest BCUT2D eigenvalue weighted by atomic mass is 32.1. The standard InChI is InChI=1S/C12H17N3S2/c1-8-5-11(17-9(8)2)6-14-4-3-10-7-16-12(13)15-10/h5,7,14H,3-4,6H2,1-2H3,(H2,13,15). The first-order valence-corrected chi connectivity index (χ1v) is 7.31. The van der Waals surface area contributed by atoms with Gasteiger partial charge in [0.2, 0.25) is 0 Å². The van der Waals surface area contributed by atoms with Crippen molar-refractivity contribution in [3.05, 3.63) is 32.5 Å². The lowest BCUT2D eigenvalue weighted by Crippen LogP contribution is -2.16. The lowest BCUT2D eigenvalue weighted by Gasteiger charge is -2.00. The molecule has 2 aromatic heterocycles. The van der Waals surface area contributed by atoms with Gasteiger partial charge in [-0.1, -0.05) is 0 Å². The summed E-state index contributed by atoms with van der Waals surface area (Å²) in [5, 5.41) is 6.12. The Kier molecular flexibility index (Phi) is 4.15. The van der Waals surface area contributed by atoms with Crippen LogP contribution in [0.5, 0.6) is 0 Å². The van der Waals surface area contributed by atoms with E-state index in [2.05, 4.69) is 30.2 Å². The Labute approximate surface area is 110 Å². The van der Waals surface area contributed by atoms with E-state index in [-0.39, 0.29) is 0 Å². The van der Waals surface area contributed by atoms with Crippen LogP contribution in [0, 0.1) is 13.8 Å². The maximum Gasteiger partial charge on any atom is 0.180 e. The van der Waals surface area contributed by atoms with E-state index in [0.717, 1.165) is 25.2 Å². The number of aryl methyl sites for hydroxylation is 2. The highest BCUT2D eigenvalue weighted by Crippen LogP contribution is 2.20. The zero-order chi connectivity index (χ0) is 12.3. The molecule has 0 aliphatic heterocycles. The van der Waals surface area contributed by atoms with Gasteiger partial charge in [-0.15, -0.1) is 22.7 Å². The van der Waals surface area contributed by atoms with Crippen LogP contribution >= 0.6 is 22.7 Å². The molecule has 0 radical (unpaired) electrons. The average Bonchev–Trinajstić information content (AvgIpc) is 2.82. The van der Waals surface area contributed by atoms with Gasteiger partial charge in [-0.25, -0.2) is 4.98 Å². The topological polar surface area (TPSA) is 50.9 Å². The molecular formula is C12H17N3S2. The van der Waals surface area contributed by atoms with Crippen LogP contribution in [0.3, 0.4) is 0 Å². The molecule has 0 spiro atoms. The molecule has 3 N–H and O–H groups in total. The van der Waals surface area contributed by atoms with Crippen molar-refractivity contribution in [2.75, 3.05) is 12.3 Å². The first kappa shape index (κ1) is 12.5. The molecule has 17 heavy (non-hydrogen) atoms. The molecule has 2 aromatic rings. The number of nitrogens with one attached hydrogen (secondary N) is 1. The molecule has 2 heterocycles. The SMILES string of the molecule is Cc1cc(CNCCc2csc(N)n2)sc1C. The summed E-state index contributed by atoms with van der Waals surface area (Å²) in [7, 11) is 0. The van der Waals surface area contributed by atoms with Crippen molar-refractivity contribution in [1.29, 1.82) is 0 Å². The normalized spacial score (nSPS) is 10.9. The molecule has 0 atom stereocenters. The van der Waals surface area contributed by atoms with Gasteiger partial charge < -0.3 is 11.1 Å². The van der Waals surface area contributed by atoms with Crippen LogP contribution in [0.15, 0.2) is 11.4 Å². The minimum Gasteiger partial charge on any atom is -0.375 e. The van der Waals surface area contributed by atoms with Gasteiger partial charge in [0, 0.05) is 34.6 Å². The van der Waals surface area contributed by atoms with Crippen LogP contribution in [0.2, 0.25) is 0 Å². The Balaban J connectivity index is 1.73. The molecular weight excluding hydrogens is 250 g/mol. The Morgan fingerprint density at radius 1 is 1.41 bits per heavy atom. The van der Waals surface area contributed by atoms with E-state index in [9.17, 15) is 0 Å². The monoisotopic (exact) mass is 267 g/mol. The largest absolute Gasteiger partial charge is 0.375 e. The Morgan fingerprint density at radius 3 is 2.82 bits per heavy atom. The first-order valence-electron chi connectivity index (χ1n) is 5.61. The van der Waals surface area contributed by atoms with Gasteiger partial charge in [-0.2, -0.15) is 0 Å². The summed E-state index contributed by atoms with van der Waals surface area (Å²) >= 11 is 3.37. The summed E-state index contributed by atoms with van der Waals surface area (Å²) < 4.78 is 0. The lowest BCUT2D eigenvalue weighted by molar-refractivity contribution is 0.688. The van der Waals surface area contributed by atoms with Crippen molar-refractivity contribution in [2.24, 2.45) is 0 Å². The average molecular weight is 267 g/mol. The second kappa shape index (κ2) is 5.62. The highest BCUT2D eigenvalue weighted by molar-refractivity contribution is 7.13. The van der Waals surface area contributed by atoms with E-state index in [1.54, 1.807) is 0 Å². The Bertz CT molecular complexity index is 468. The minimum absolute atomic E-state index is 0.657. The van der Waals surface area contributed by atoms with E-state index < -0.39 is 0 Å². The fourth-order valence-electron chi connectivity index (χ4n) is 1.60. The fraction of sp³-hybridized carbons (Fsp3) is 0.417. The smallest absolute Gasteiger partial charge is 0.180 e. The second-order valence-corrected chi connectivity index (χ2v) is 6.29. The molecule has 0 amide bonds. The van der Waals surface area contributed by atoms with Crippen molar-refractivity contribution in [2.45, 2.75) is 26.8 Å². The molecule has 0 saturated carbocycles. The highest BCUT2D eigenvalue weighted by Gasteiger charge is 2.02. The number of thiophene rings is 1. The van der Waals surface area contributed by atoms with Gasteiger partial charge >= 0.3 is 0 Å². The summed E-state index contributed by atoms with van der Waals surface area (Å²) in [5.41, 5.74) is 8.05. The maximum atomic E-state index is 5.58. The third-order valence-corrected chi connectivity index (χ3v) is 4.52. The van der Waals surface area contributed by atoms with Crippen LogP contribution in [-0.2, 0) is 13.0 Å². The van der Waals surface area contributed by atoms with Gasteiger partial charge in [0.15, 0.2) is 5.13 Å². The number of thiazole rings is 1. The number of hydrogen-bond acceptors (Lipinski definition) is 5. The van der Waals surface area contributed by atoms with Crippen LogP contribution < -0.4 is 11.1 Å². The predicted molar refractivity (Wildman–Crippen MR) is 75.7 cm³/mol. The van der Waals surface area contributed by atoms with Crippen molar-refractivity contribution < 1.29 is 0 Å². The van der Waals surface area contributed by atoms with Gasteiger partial charge in [0.1, 0.15) is 0 Å². The quantitative estimate of drug-likeness (QED) is 0.819. The Hall–Kier alpha value is -0.910. The van der Waals surface area contributed by atoms with E-state index >= 15 is 0 Å². The van der Waals surface area contributed by atoms with Gasteiger partial charge in [-0.05, 0) is 25.5 Å². The van der Waals surface area contributed by atoms with E-state index in [0.29, 0.717) is 5.13 Å². The molecule has 0 unspecified atom stereocenters. The van der Waals surface area contributed by atoms with Crippen LogP contribution in [0.1, 0.15) is 21.0 Å². The number of hydrogen-bond donors (Lipinski definition) is 2. The summed E-state index contributed by atoms with van der Waals surface area (Å²) in [6.45, 7) is 6.22. The van der Waals surface area contributed by atoms with Gasteiger partial charge in [-0.3, -0.25) is 0 Å². The van der Waals surface area contributed by atoms with Crippen molar-refractivity contribution in [1.82, 2.24) is 10.3 Å². The number of anilines is 1. The third-order valence-electron chi connectivity index (χ3n) is 2.64. The summed E-state index contributed by atoms with van der Waals surface area (Å²) in [5.74, 6) is 0. The number of nitrogens with two attached hydrogens (primary N) is 1. The summed E-state index contributed by atoms with van der Waals surface area (Å²) in [6.07, 6.45) is 0.942. The van der Waals surface area contributed by atoms with Crippen molar-refractivity contribution >= 4 is 27.8 Å². The summed E-state index contributed by atoms with van der Waals surface area (Å²) in [6, 6.07) is 2.26. The molecule has 92 valence electrons. The minimum atomic E-state index is 0.657. The van der Waals surface area contributed by atoms with E-state index in [4.69, 9.17) is 5.73 Å². The fourth-order valence-corrected chi connectivity index (χ4v) is 3.22. The predicted octanol–water partition coefficient (Wildman–Crippen LogP) is 2.74. The van der Waals surface area contributed by atoms with Crippen LogP contribution in [0.4, 0.5) is 5.13 Å².